The summed E-state index contributed by atoms with van der Waals surface area (Å²) in [5.41, 5.74) is 0.658. The molecule has 8 heteroatoms. The molecule has 0 radical (unpaired) electrons. The molecule has 2 N–H and O–H groups in total. The topological polar surface area (TPSA) is 66.4 Å². The Kier molecular flexibility index (Phi) is 4.60. The molecule has 2 aromatic rings. The molecular formula is C13H10BrF2NO3S. The largest absolute Gasteiger partial charge is 0.392 e. The Morgan fingerprint density at radius 1 is 1.19 bits per heavy atom. The Balaban J connectivity index is 2.43. The molecule has 0 saturated carbocycles. The summed E-state index contributed by atoms with van der Waals surface area (Å²) in [4.78, 5) is -0.682. The zero-order chi connectivity index (χ0) is 15.6. The van der Waals surface area contributed by atoms with E-state index in [0.717, 1.165) is 6.07 Å². The molecule has 0 aliphatic carbocycles. The zero-order valence-electron chi connectivity index (χ0n) is 10.5. The molecule has 0 aliphatic heterocycles. The number of aliphatic hydroxyl groups excluding tert-OH is 1. The Bertz CT molecular complexity index is 758. The number of halogens is 3. The first kappa shape index (κ1) is 15.9. The second-order valence-electron chi connectivity index (χ2n) is 4.16. The minimum atomic E-state index is -4.24. The molecule has 0 atom stereocenters. The van der Waals surface area contributed by atoms with Crippen molar-refractivity contribution < 1.29 is 22.3 Å². The molecule has 0 amide bonds. The highest BCUT2D eigenvalue weighted by Crippen LogP contribution is 2.28. The van der Waals surface area contributed by atoms with Crippen LogP contribution >= 0.6 is 15.9 Å². The van der Waals surface area contributed by atoms with Crippen molar-refractivity contribution in [3.05, 3.63) is 58.1 Å². The molecule has 0 aromatic heterocycles. The molecule has 4 nitrogen and oxygen atoms in total. The normalized spacial score (nSPS) is 11.4. The van der Waals surface area contributed by atoms with E-state index < -0.39 is 26.6 Å². The van der Waals surface area contributed by atoms with Gasteiger partial charge in [0.05, 0.1) is 6.61 Å². The number of sulfonamides is 1. The van der Waals surface area contributed by atoms with E-state index >= 15 is 0 Å². The molecule has 0 aliphatic rings. The molecular weight excluding hydrogens is 368 g/mol. The van der Waals surface area contributed by atoms with Crippen LogP contribution in [-0.2, 0) is 16.6 Å². The van der Waals surface area contributed by atoms with Gasteiger partial charge in [-0.05, 0) is 39.7 Å². The van der Waals surface area contributed by atoms with E-state index in [4.69, 9.17) is 5.11 Å². The summed E-state index contributed by atoms with van der Waals surface area (Å²) in [7, 11) is -4.24. The lowest BCUT2D eigenvalue weighted by Crippen LogP contribution is -2.15. The molecule has 2 aromatic carbocycles. The van der Waals surface area contributed by atoms with Crippen molar-refractivity contribution in [1.29, 1.82) is 0 Å². The van der Waals surface area contributed by atoms with Crippen molar-refractivity contribution in [3.8, 4) is 0 Å². The third kappa shape index (κ3) is 3.58. The van der Waals surface area contributed by atoms with Gasteiger partial charge in [0.1, 0.15) is 16.5 Å². The lowest BCUT2D eigenvalue weighted by atomic mass is 10.2. The van der Waals surface area contributed by atoms with Crippen LogP contribution in [0.1, 0.15) is 5.56 Å². The van der Waals surface area contributed by atoms with Crippen molar-refractivity contribution in [1.82, 2.24) is 0 Å². The van der Waals surface area contributed by atoms with Gasteiger partial charge in [0.25, 0.3) is 10.0 Å². The third-order valence-electron chi connectivity index (χ3n) is 2.59. The van der Waals surface area contributed by atoms with Gasteiger partial charge in [-0.3, -0.25) is 4.72 Å². The second kappa shape index (κ2) is 6.08. The van der Waals surface area contributed by atoms with Gasteiger partial charge in [0.2, 0.25) is 0 Å². The second-order valence-corrected chi connectivity index (χ2v) is 6.64. The lowest BCUT2D eigenvalue weighted by molar-refractivity contribution is 0.282. The first-order chi connectivity index (χ1) is 9.83. The van der Waals surface area contributed by atoms with Gasteiger partial charge in [0, 0.05) is 16.2 Å². The van der Waals surface area contributed by atoms with Gasteiger partial charge in [-0.1, -0.05) is 12.1 Å². The van der Waals surface area contributed by atoms with Crippen LogP contribution in [0.4, 0.5) is 14.5 Å². The van der Waals surface area contributed by atoms with Crippen LogP contribution in [0, 0.1) is 11.6 Å². The Morgan fingerprint density at radius 3 is 2.52 bits per heavy atom. The van der Waals surface area contributed by atoms with Crippen LogP contribution in [0.25, 0.3) is 0 Å². The van der Waals surface area contributed by atoms with Gasteiger partial charge < -0.3 is 5.11 Å². The fourth-order valence-corrected chi connectivity index (χ4v) is 3.94. The summed E-state index contributed by atoms with van der Waals surface area (Å²) in [6.45, 7) is -0.260. The highest BCUT2D eigenvalue weighted by Gasteiger charge is 2.23. The summed E-state index contributed by atoms with van der Waals surface area (Å²) in [6.07, 6.45) is 0. The molecule has 112 valence electrons. The van der Waals surface area contributed by atoms with Gasteiger partial charge in [0.15, 0.2) is 0 Å². The Morgan fingerprint density at radius 2 is 1.90 bits per heavy atom. The maximum atomic E-state index is 13.7. The number of hydrogen-bond acceptors (Lipinski definition) is 3. The average Bonchev–Trinajstić information content (AvgIpc) is 2.36. The predicted octanol–water partition coefficient (Wildman–Crippen LogP) is 3.02. The number of nitrogens with one attached hydrogen (secondary N) is 1. The number of benzene rings is 2. The molecule has 2 rings (SSSR count). The van der Waals surface area contributed by atoms with E-state index in [2.05, 4.69) is 20.7 Å². The molecule has 0 saturated heterocycles. The highest BCUT2D eigenvalue weighted by atomic mass is 79.9. The number of hydrogen-bond donors (Lipinski definition) is 2. The van der Waals surface area contributed by atoms with Gasteiger partial charge in [-0.15, -0.1) is 0 Å². The fourth-order valence-electron chi connectivity index (χ4n) is 1.73. The van der Waals surface area contributed by atoms with Crippen LogP contribution in [0.2, 0.25) is 0 Å². The van der Waals surface area contributed by atoms with Crippen LogP contribution < -0.4 is 4.72 Å². The molecule has 0 bridgehead atoms. The molecule has 21 heavy (non-hydrogen) atoms. The number of anilines is 1. The minimum Gasteiger partial charge on any atom is -0.392 e. The molecule has 0 fully saturated rings. The van der Waals surface area contributed by atoms with Gasteiger partial charge in [-0.25, -0.2) is 17.2 Å². The Labute approximate surface area is 128 Å². The van der Waals surface area contributed by atoms with E-state index in [0.29, 0.717) is 11.6 Å². The molecule has 0 unspecified atom stereocenters. The minimum absolute atomic E-state index is 0.164. The summed E-state index contributed by atoms with van der Waals surface area (Å²) in [5, 5.41) is 9.01. The van der Waals surface area contributed by atoms with Crippen molar-refractivity contribution >= 4 is 31.6 Å². The Hall–Kier alpha value is -1.51. The van der Waals surface area contributed by atoms with Crippen molar-refractivity contribution in [3.63, 3.8) is 0 Å². The van der Waals surface area contributed by atoms with Crippen LogP contribution in [-0.4, -0.2) is 13.5 Å². The fraction of sp³-hybridized carbons (Fsp3) is 0.0769. The van der Waals surface area contributed by atoms with E-state index in [9.17, 15) is 17.2 Å². The standard InChI is InChI=1S/C13H10BrF2NO3S/c14-11-5-9(15)6-12(16)13(11)21(19,20)17-10-3-1-2-8(4-10)7-18/h1-6,17-18H,7H2. The van der Waals surface area contributed by atoms with Gasteiger partial charge in [-0.2, -0.15) is 0 Å². The van der Waals surface area contributed by atoms with Crippen LogP contribution in [0.15, 0.2) is 45.8 Å². The monoisotopic (exact) mass is 377 g/mol. The SMILES string of the molecule is O=S(=O)(Nc1cccc(CO)c1)c1c(F)cc(F)cc1Br. The maximum Gasteiger partial charge on any atom is 0.265 e. The lowest BCUT2D eigenvalue weighted by Gasteiger charge is -2.11. The van der Waals surface area contributed by atoms with Crippen molar-refractivity contribution in [2.45, 2.75) is 11.5 Å². The number of aliphatic hydroxyl groups is 1. The highest BCUT2D eigenvalue weighted by molar-refractivity contribution is 9.10. The molecule has 0 spiro atoms. The summed E-state index contributed by atoms with van der Waals surface area (Å²) in [5.74, 6) is -2.09. The number of rotatable bonds is 4. The summed E-state index contributed by atoms with van der Waals surface area (Å²) < 4.78 is 53.1. The molecule has 0 heterocycles. The van der Waals surface area contributed by atoms with Crippen LogP contribution in [0.5, 0.6) is 0 Å². The predicted molar refractivity (Wildman–Crippen MR) is 77.2 cm³/mol. The summed E-state index contributed by atoms with van der Waals surface area (Å²) in [6, 6.07) is 7.36. The summed E-state index contributed by atoms with van der Waals surface area (Å²) >= 11 is 2.84. The smallest absolute Gasteiger partial charge is 0.265 e. The van der Waals surface area contributed by atoms with Crippen molar-refractivity contribution in [2.24, 2.45) is 0 Å². The maximum absolute atomic E-state index is 13.7. The zero-order valence-corrected chi connectivity index (χ0v) is 12.9. The van der Waals surface area contributed by atoms with E-state index in [-0.39, 0.29) is 16.8 Å². The van der Waals surface area contributed by atoms with E-state index in [1.54, 1.807) is 12.1 Å². The third-order valence-corrected chi connectivity index (χ3v) is 4.94. The van der Waals surface area contributed by atoms with E-state index in [1.165, 1.54) is 12.1 Å². The first-order valence-electron chi connectivity index (χ1n) is 5.70. The van der Waals surface area contributed by atoms with Crippen molar-refractivity contribution in [2.75, 3.05) is 4.72 Å². The average molecular weight is 378 g/mol. The quantitative estimate of drug-likeness (QED) is 0.860. The first-order valence-corrected chi connectivity index (χ1v) is 7.98. The van der Waals surface area contributed by atoms with Gasteiger partial charge >= 0.3 is 0 Å². The van der Waals surface area contributed by atoms with Crippen LogP contribution in [0.3, 0.4) is 0 Å². The van der Waals surface area contributed by atoms with E-state index in [1.807, 2.05) is 0 Å².